The number of nitrogen functional groups attached to an aromatic ring is 1. The van der Waals surface area contributed by atoms with Gasteiger partial charge >= 0.3 is 0 Å². The van der Waals surface area contributed by atoms with Crippen LogP contribution in [0.25, 0.3) is 0 Å². The van der Waals surface area contributed by atoms with E-state index >= 15 is 0 Å². The average Bonchev–Trinajstić information content (AvgIpc) is 2.43. The highest BCUT2D eigenvalue weighted by Crippen LogP contribution is 2.25. The second-order valence-corrected chi connectivity index (χ2v) is 7.07. The van der Waals surface area contributed by atoms with Crippen molar-refractivity contribution in [2.24, 2.45) is 0 Å². The van der Waals surface area contributed by atoms with Crippen molar-refractivity contribution in [1.29, 1.82) is 0 Å². The second kappa shape index (κ2) is 5.99. The summed E-state index contributed by atoms with van der Waals surface area (Å²) in [6, 6.07) is 5.18. The van der Waals surface area contributed by atoms with E-state index in [1.54, 1.807) is 12.1 Å². The van der Waals surface area contributed by atoms with Crippen molar-refractivity contribution in [3.05, 3.63) is 18.2 Å². The predicted molar refractivity (Wildman–Crippen MR) is 81.2 cm³/mol. The smallest absolute Gasteiger partial charge is 0.240 e. The normalized spacial score (nSPS) is 18.1. The van der Waals surface area contributed by atoms with E-state index in [9.17, 15) is 8.42 Å². The number of piperidine rings is 1. The highest BCUT2D eigenvalue weighted by atomic mass is 32.2. The highest BCUT2D eigenvalue weighted by Gasteiger charge is 2.18. The molecule has 1 saturated heterocycles. The van der Waals surface area contributed by atoms with Gasteiger partial charge in [-0.1, -0.05) is 0 Å². The summed E-state index contributed by atoms with van der Waals surface area (Å²) in [7, 11) is 0.0559. The molecule has 0 spiro atoms. The first-order chi connectivity index (χ1) is 9.42. The molecule has 1 aromatic carbocycles. The third kappa shape index (κ3) is 3.41. The molecule has 4 N–H and O–H groups in total. The van der Waals surface area contributed by atoms with Gasteiger partial charge in [0.25, 0.3) is 0 Å². The first-order valence-electron chi connectivity index (χ1n) is 6.70. The number of rotatable bonds is 4. The van der Waals surface area contributed by atoms with E-state index in [1.165, 1.54) is 13.1 Å². The summed E-state index contributed by atoms with van der Waals surface area (Å²) in [6.45, 7) is 2.12. The molecule has 0 radical (unpaired) electrons. The second-order valence-electron chi connectivity index (χ2n) is 5.18. The van der Waals surface area contributed by atoms with Gasteiger partial charge in [0.1, 0.15) is 0 Å². The van der Waals surface area contributed by atoms with Crippen LogP contribution in [0.1, 0.15) is 12.8 Å². The molecular weight excluding hydrogens is 276 g/mol. The Kier molecular flexibility index (Phi) is 4.52. The monoisotopic (exact) mass is 298 g/mol. The molecular formula is C13H22N4O2S. The number of sulfonamides is 1. The van der Waals surface area contributed by atoms with Gasteiger partial charge in [0.15, 0.2) is 0 Å². The van der Waals surface area contributed by atoms with Crippen LogP contribution in [0.5, 0.6) is 0 Å². The Morgan fingerprint density at radius 3 is 2.50 bits per heavy atom. The zero-order chi connectivity index (χ0) is 14.8. The summed E-state index contributed by atoms with van der Waals surface area (Å²) < 4.78 is 25.7. The van der Waals surface area contributed by atoms with Crippen LogP contribution in [0.15, 0.2) is 23.1 Å². The molecule has 0 aromatic heterocycles. The molecule has 1 heterocycles. The number of benzene rings is 1. The van der Waals surface area contributed by atoms with Crippen LogP contribution in [0.4, 0.5) is 11.4 Å². The van der Waals surface area contributed by atoms with Gasteiger partial charge in [-0.15, -0.1) is 0 Å². The summed E-state index contributed by atoms with van der Waals surface area (Å²) >= 11 is 0. The molecule has 1 fully saturated rings. The van der Waals surface area contributed by atoms with E-state index in [-0.39, 0.29) is 4.90 Å². The van der Waals surface area contributed by atoms with E-state index in [1.807, 2.05) is 0 Å². The van der Waals surface area contributed by atoms with E-state index in [2.05, 4.69) is 22.0 Å². The van der Waals surface area contributed by atoms with Gasteiger partial charge in [0, 0.05) is 6.04 Å². The lowest BCUT2D eigenvalue weighted by Crippen LogP contribution is -2.36. The fourth-order valence-corrected chi connectivity index (χ4v) is 3.10. The summed E-state index contributed by atoms with van der Waals surface area (Å²) in [5.41, 5.74) is 7.21. The SMILES string of the molecule is CNS(=O)(=O)c1ccc(NC2CCN(C)CC2)c(N)c1. The molecule has 112 valence electrons. The van der Waals surface area contributed by atoms with Crippen LogP contribution in [0, 0.1) is 0 Å². The van der Waals surface area contributed by atoms with Crippen LogP contribution in [0.3, 0.4) is 0 Å². The van der Waals surface area contributed by atoms with Gasteiger partial charge in [0.2, 0.25) is 10.0 Å². The van der Waals surface area contributed by atoms with Gasteiger partial charge in [-0.25, -0.2) is 13.1 Å². The maximum absolute atomic E-state index is 11.7. The van der Waals surface area contributed by atoms with Crippen molar-refractivity contribution < 1.29 is 8.42 Å². The maximum atomic E-state index is 11.7. The van der Waals surface area contributed by atoms with Gasteiger partial charge in [0.05, 0.1) is 16.3 Å². The Morgan fingerprint density at radius 1 is 1.30 bits per heavy atom. The summed E-state index contributed by atoms with van der Waals surface area (Å²) in [4.78, 5) is 2.48. The summed E-state index contributed by atoms with van der Waals surface area (Å²) in [5.74, 6) is 0. The van der Waals surface area contributed by atoms with Gasteiger partial charge in [-0.3, -0.25) is 0 Å². The van der Waals surface area contributed by atoms with Crippen LogP contribution in [-0.2, 0) is 10.0 Å². The topological polar surface area (TPSA) is 87.5 Å². The molecule has 0 atom stereocenters. The van der Waals surface area contributed by atoms with Crippen molar-refractivity contribution in [1.82, 2.24) is 9.62 Å². The molecule has 0 aliphatic carbocycles. The number of hydrogen-bond donors (Lipinski definition) is 3. The Bertz CT molecular complexity index is 566. The van der Waals surface area contributed by atoms with Crippen molar-refractivity contribution >= 4 is 21.4 Å². The predicted octanol–water partition coefficient (Wildman–Crippen LogP) is 0.683. The van der Waals surface area contributed by atoms with Crippen LogP contribution in [-0.4, -0.2) is 46.5 Å². The molecule has 20 heavy (non-hydrogen) atoms. The van der Waals surface area contributed by atoms with Gasteiger partial charge in [-0.2, -0.15) is 0 Å². The van der Waals surface area contributed by atoms with Crippen LogP contribution in [0.2, 0.25) is 0 Å². The fourth-order valence-electron chi connectivity index (χ4n) is 2.33. The van der Waals surface area contributed by atoms with Crippen molar-refractivity contribution in [3.8, 4) is 0 Å². The third-order valence-electron chi connectivity index (χ3n) is 3.68. The Labute approximate surface area is 120 Å². The number of hydrogen-bond acceptors (Lipinski definition) is 5. The lowest BCUT2D eigenvalue weighted by molar-refractivity contribution is 0.264. The molecule has 1 aliphatic rings. The first-order valence-corrected chi connectivity index (χ1v) is 8.19. The largest absolute Gasteiger partial charge is 0.397 e. The minimum Gasteiger partial charge on any atom is -0.397 e. The zero-order valence-electron chi connectivity index (χ0n) is 11.9. The molecule has 0 amide bonds. The number of anilines is 2. The Morgan fingerprint density at radius 2 is 1.95 bits per heavy atom. The molecule has 1 aromatic rings. The molecule has 6 nitrogen and oxygen atoms in total. The van der Waals surface area contributed by atoms with Gasteiger partial charge in [-0.05, 0) is 58.2 Å². The Hall–Kier alpha value is -1.31. The molecule has 2 rings (SSSR count). The Balaban J connectivity index is 2.10. The molecule has 0 bridgehead atoms. The quantitative estimate of drug-likeness (QED) is 0.712. The van der Waals surface area contributed by atoms with E-state index in [4.69, 9.17) is 5.73 Å². The standard InChI is InChI=1S/C13H22N4O2S/c1-15-20(18,19)11-3-4-13(12(14)9-11)16-10-5-7-17(2)8-6-10/h3-4,9-10,15-16H,5-8,14H2,1-2H3. The molecule has 7 heteroatoms. The molecule has 0 saturated carbocycles. The van der Waals surface area contributed by atoms with Crippen molar-refractivity contribution in [2.75, 3.05) is 38.2 Å². The van der Waals surface area contributed by atoms with Crippen LogP contribution >= 0.6 is 0 Å². The maximum Gasteiger partial charge on any atom is 0.240 e. The molecule has 1 aliphatic heterocycles. The van der Waals surface area contributed by atoms with Crippen molar-refractivity contribution in [3.63, 3.8) is 0 Å². The third-order valence-corrected chi connectivity index (χ3v) is 5.09. The summed E-state index contributed by atoms with van der Waals surface area (Å²) in [6.07, 6.45) is 2.12. The lowest BCUT2D eigenvalue weighted by atomic mass is 10.1. The minimum atomic E-state index is -3.44. The number of likely N-dealkylation sites (tertiary alicyclic amines) is 1. The average molecular weight is 298 g/mol. The lowest BCUT2D eigenvalue weighted by Gasteiger charge is -2.30. The van der Waals surface area contributed by atoms with Gasteiger partial charge < -0.3 is 16.0 Å². The summed E-state index contributed by atoms with van der Waals surface area (Å²) in [5, 5.41) is 3.40. The molecule has 0 unspecified atom stereocenters. The fraction of sp³-hybridized carbons (Fsp3) is 0.538. The van der Waals surface area contributed by atoms with Crippen molar-refractivity contribution in [2.45, 2.75) is 23.8 Å². The van der Waals surface area contributed by atoms with Crippen LogP contribution < -0.4 is 15.8 Å². The highest BCUT2D eigenvalue weighted by molar-refractivity contribution is 7.89. The number of nitrogens with two attached hydrogens (primary N) is 1. The number of nitrogens with zero attached hydrogens (tertiary/aromatic N) is 1. The first kappa shape index (κ1) is 15.1. The van der Waals surface area contributed by atoms with E-state index < -0.39 is 10.0 Å². The zero-order valence-corrected chi connectivity index (χ0v) is 12.7. The van der Waals surface area contributed by atoms with E-state index in [0.717, 1.165) is 31.6 Å². The minimum absolute atomic E-state index is 0.187. The number of nitrogens with one attached hydrogen (secondary N) is 2. The van der Waals surface area contributed by atoms with E-state index in [0.29, 0.717) is 11.7 Å².